The molecule has 152 valence electrons. The Balaban J connectivity index is 0.00000280. The van der Waals surface area contributed by atoms with Crippen LogP contribution in [0.5, 0.6) is 11.5 Å². The van der Waals surface area contributed by atoms with E-state index in [9.17, 15) is 4.39 Å². The van der Waals surface area contributed by atoms with Gasteiger partial charge in [-0.05, 0) is 53.8 Å². The first-order valence-corrected chi connectivity index (χ1v) is 9.08. The van der Waals surface area contributed by atoms with Crippen molar-refractivity contribution in [2.24, 2.45) is 4.99 Å². The van der Waals surface area contributed by atoms with Crippen LogP contribution < -0.4 is 14.8 Å². The fourth-order valence-electron chi connectivity index (χ4n) is 3.37. The summed E-state index contributed by atoms with van der Waals surface area (Å²) in [4.78, 5) is 6.66. The molecule has 0 aromatic heterocycles. The summed E-state index contributed by atoms with van der Waals surface area (Å²) >= 11 is 0. The van der Waals surface area contributed by atoms with Crippen molar-refractivity contribution in [1.29, 1.82) is 0 Å². The van der Waals surface area contributed by atoms with Crippen molar-refractivity contribution in [2.75, 3.05) is 34.4 Å². The Kier molecular flexibility index (Phi) is 8.35. The average Bonchev–Trinajstić information content (AvgIpc) is 2.71. The summed E-state index contributed by atoms with van der Waals surface area (Å²) < 4.78 is 23.8. The Morgan fingerprint density at radius 3 is 2.36 bits per heavy atom. The first-order chi connectivity index (χ1) is 13.1. The maximum Gasteiger partial charge on any atom is 0.193 e. The highest BCUT2D eigenvalue weighted by atomic mass is 127. The minimum atomic E-state index is -0.207. The van der Waals surface area contributed by atoms with E-state index in [-0.39, 0.29) is 29.8 Å². The predicted molar refractivity (Wildman–Crippen MR) is 121 cm³/mol. The minimum Gasteiger partial charge on any atom is -0.493 e. The number of aliphatic imine (C=N–C) groups is 1. The lowest BCUT2D eigenvalue weighted by molar-refractivity contribution is 0.346. The van der Waals surface area contributed by atoms with Crippen LogP contribution in [-0.4, -0.2) is 45.2 Å². The van der Waals surface area contributed by atoms with Gasteiger partial charge in [0.05, 0.1) is 14.2 Å². The van der Waals surface area contributed by atoms with Crippen LogP contribution in [0.1, 0.15) is 16.7 Å². The summed E-state index contributed by atoms with van der Waals surface area (Å²) in [5, 5.41) is 3.41. The van der Waals surface area contributed by atoms with Gasteiger partial charge in [0.1, 0.15) is 5.82 Å². The molecule has 1 aliphatic heterocycles. The van der Waals surface area contributed by atoms with Crippen LogP contribution in [-0.2, 0) is 19.4 Å². The first kappa shape index (κ1) is 22.3. The van der Waals surface area contributed by atoms with Gasteiger partial charge in [-0.1, -0.05) is 12.1 Å². The molecular formula is C21H27FIN3O2. The molecule has 0 saturated heterocycles. The molecule has 7 heteroatoms. The Labute approximate surface area is 183 Å². The van der Waals surface area contributed by atoms with Crippen molar-refractivity contribution in [3.8, 4) is 11.5 Å². The molecule has 3 rings (SSSR count). The van der Waals surface area contributed by atoms with Crippen molar-refractivity contribution < 1.29 is 13.9 Å². The number of nitrogens with one attached hydrogen (secondary N) is 1. The van der Waals surface area contributed by atoms with Gasteiger partial charge in [0.2, 0.25) is 0 Å². The lowest BCUT2D eigenvalue weighted by Gasteiger charge is -2.32. The van der Waals surface area contributed by atoms with Crippen LogP contribution in [0.15, 0.2) is 41.4 Å². The molecule has 0 atom stereocenters. The van der Waals surface area contributed by atoms with Crippen molar-refractivity contribution in [3.05, 3.63) is 58.9 Å². The van der Waals surface area contributed by atoms with Crippen LogP contribution >= 0.6 is 24.0 Å². The minimum absolute atomic E-state index is 0. The van der Waals surface area contributed by atoms with Crippen LogP contribution in [0.3, 0.4) is 0 Å². The zero-order chi connectivity index (χ0) is 19.2. The number of methoxy groups -OCH3 is 2. The molecule has 2 aromatic rings. The summed E-state index contributed by atoms with van der Waals surface area (Å²) in [6, 6.07) is 10.7. The van der Waals surface area contributed by atoms with E-state index in [0.29, 0.717) is 0 Å². The smallest absolute Gasteiger partial charge is 0.193 e. The number of benzene rings is 2. The highest BCUT2D eigenvalue weighted by Crippen LogP contribution is 2.33. The van der Waals surface area contributed by atoms with E-state index in [0.717, 1.165) is 55.5 Å². The summed E-state index contributed by atoms with van der Waals surface area (Å²) in [7, 11) is 5.11. The second kappa shape index (κ2) is 10.5. The molecule has 5 nitrogen and oxygen atoms in total. The number of guanidine groups is 1. The van der Waals surface area contributed by atoms with Crippen molar-refractivity contribution >= 4 is 29.9 Å². The van der Waals surface area contributed by atoms with E-state index in [1.807, 2.05) is 18.2 Å². The van der Waals surface area contributed by atoms with Crippen LogP contribution in [0.4, 0.5) is 4.39 Å². The van der Waals surface area contributed by atoms with Crippen molar-refractivity contribution in [3.63, 3.8) is 0 Å². The van der Waals surface area contributed by atoms with Crippen molar-refractivity contribution in [1.82, 2.24) is 10.2 Å². The summed E-state index contributed by atoms with van der Waals surface area (Å²) in [5.41, 5.74) is 3.60. The SMILES string of the molecule is CN=C(NCCc1ccc(F)cc1)N1CCc2cc(OC)c(OC)cc2C1.I. The Hall–Kier alpha value is -2.03. The molecule has 0 saturated carbocycles. The topological polar surface area (TPSA) is 46.1 Å². The average molecular weight is 499 g/mol. The van der Waals surface area contributed by atoms with Gasteiger partial charge in [-0.2, -0.15) is 0 Å². The lowest BCUT2D eigenvalue weighted by atomic mass is 9.99. The van der Waals surface area contributed by atoms with Gasteiger partial charge in [-0.25, -0.2) is 4.39 Å². The molecule has 0 unspecified atom stereocenters. The number of fused-ring (bicyclic) bond motifs is 1. The summed E-state index contributed by atoms with van der Waals surface area (Å²) in [6.45, 7) is 2.40. The molecular weight excluding hydrogens is 472 g/mol. The van der Waals surface area contributed by atoms with Gasteiger partial charge in [-0.15, -0.1) is 24.0 Å². The molecule has 0 radical (unpaired) electrons. The molecule has 0 spiro atoms. The summed E-state index contributed by atoms with van der Waals surface area (Å²) in [5.74, 6) is 2.18. The van der Waals surface area contributed by atoms with Gasteiger partial charge in [-0.3, -0.25) is 4.99 Å². The van der Waals surface area contributed by atoms with E-state index < -0.39 is 0 Å². The quantitative estimate of drug-likeness (QED) is 0.388. The van der Waals surface area contributed by atoms with Crippen LogP contribution in [0.2, 0.25) is 0 Å². The summed E-state index contributed by atoms with van der Waals surface area (Å²) in [6.07, 6.45) is 1.74. The molecule has 1 aliphatic rings. The molecule has 0 bridgehead atoms. The zero-order valence-electron chi connectivity index (χ0n) is 16.5. The maximum absolute atomic E-state index is 13.0. The van der Waals surface area contributed by atoms with E-state index in [1.54, 1.807) is 21.3 Å². The number of hydrogen-bond acceptors (Lipinski definition) is 3. The van der Waals surface area contributed by atoms with E-state index in [2.05, 4.69) is 21.3 Å². The predicted octanol–water partition coefficient (Wildman–Crippen LogP) is 3.64. The monoisotopic (exact) mass is 499 g/mol. The number of rotatable bonds is 5. The zero-order valence-corrected chi connectivity index (χ0v) is 18.8. The third kappa shape index (κ3) is 5.27. The standard InChI is InChI=1S/C21H26FN3O2.HI/c1-23-21(24-10-8-15-4-6-18(22)7-5-15)25-11-9-16-12-19(26-2)20(27-3)13-17(16)14-25;/h4-7,12-13H,8-11,14H2,1-3H3,(H,23,24);1H. The van der Waals surface area contributed by atoms with Crippen molar-refractivity contribution in [2.45, 2.75) is 19.4 Å². The van der Waals surface area contributed by atoms with E-state index >= 15 is 0 Å². The number of halogens is 2. The number of hydrogen-bond donors (Lipinski definition) is 1. The molecule has 0 aliphatic carbocycles. The Bertz CT molecular complexity index is 812. The van der Waals surface area contributed by atoms with Gasteiger partial charge < -0.3 is 19.7 Å². The Morgan fingerprint density at radius 2 is 1.75 bits per heavy atom. The van der Waals surface area contributed by atoms with Gasteiger partial charge >= 0.3 is 0 Å². The number of ether oxygens (including phenoxy) is 2. The van der Waals surface area contributed by atoms with E-state index in [4.69, 9.17) is 9.47 Å². The molecule has 2 aromatic carbocycles. The van der Waals surface area contributed by atoms with Gasteiger partial charge in [0.25, 0.3) is 0 Å². The maximum atomic E-state index is 13.0. The highest BCUT2D eigenvalue weighted by Gasteiger charge is 2.21. The Morgan fingerprint density at radius 1 is 1.11 bits per heavy atom. The molecule has 0 fully saturated rings. The third-order valence-electron chi connectivity index (χ3n) is 4.84. The largest absolute Gasteiger partial charge is 0.493 e. The van der Waals surface area contributed by atoms with Gasteiger partial charge in [0, 0.05) is 26.7 Å². The molecule has 1 heterocycles. The first-order valence-electron chi connectivity index (χ1n) is 9.08. The van der Waals surface area contributed by atoms with E-state index in [1.165, 1.54) is 23.3 Å². The van der Waals surface area contributed by atoms with Crippen LogP contribution in [0.25, 0.3) is 0 Å². The third-order valence-corrected chi connectivity index (χ3v) is 4.84. The molecule has 1 N–H and O–H groups in total. The second-order valence-corrected chi connectivity index (χ2v) is 6.50. The lowest BCUT2D eigenvalue weighted by Crippen LogP contribution is -2.44. The molecule has 28 heavy (non-hydrogen) atoms. The number of nitrogens with zero attached hydrogens (tertiary/aromatic N) is 2. The fourth-order valence-corrected chi connectivity index (χ4v) is 3.37. The second-order valence-electron chi connectivity index (χ2n) is 6.50. The van der Waals surface area contributed by atoms with Crippen LogP contribution in [0, 0.1) is 5.82 Å². The highest BCUT2D eigenvalue weighted by molar-refractivity contribution is 14.0. The molecule has 0 amide bonds. The normalized spacial score (nSPS) is 13.4. The fraction of sp³-hybridized carbons (Fsp3) is 0.381. The van der Waals surface area contributed by atoms with Gasteiger partial charge in [0.15, 0.2) is 17.5 Å².